The molecule has 0 fully saturated rings. The zero-order chi connectivity index (χ0) is 28.8. The fraction of sp³-hybridized carbons (Fsp3) is 0.405. The van der Waals surface area contributed by atoms with Crippen LogP contribution in [0.4, 0.5) is 0 Å². The van der Waals surface area contributed by atoms with Crippen molar-refractivity contribution in [3.05, 3.63) is 71.3 Å². The fourth-order valence-corrected chi connectivity index (χ4v) is 6.60. The molecular weight excluding hydrogens is 506 g/mol. The topological polar surface area (TPSA) is 66.4 Å². The average Bonchev–Trinajstić information content (AvgIpc) is 2.98. The Labute approximate surface area is 243 Å². The van der Waals surface area contributed by atoms with Crippen molar-refractivity contribution in [1.29, 1.82) is 0 Å². The second-order valence-corrected chi connectivity index (χ2v) is 11.6. The molecule has 41 heavy (non-hydrogen) atoms. The predicted molar refractivity (Wildman–Crippen MR) is 173 cm³/mol. The minimum Gasteiger partial charge on any atom is -0.478 e. The lowest BCUT2D eigenvalue weighted by atomic mass is 9.83. The highest BCUT2D eigenvalue weighted by Gasteiger charge is 2.24. The van der Waals surface area contributed by atoms with Gasteiger partial charge in [-0.15, -0.1) is 0 Å². The molecule has 0 radical (unpaired) electrons. The molecular formula is C37H43NO3. The number of carboxylic acids is 1. The van der Waals surface area contributed by atoms with Crippen molar-refractivity contribution >= 4 is 55.0 Å². The maximum Gasteiger partial charge on any atom is 0.336 e. The van der Waals surface area contributed by atoms with Gasteiger partial charge in [-0.2, -0.15) is 0 Å². The highest BCUT2D eigenvalue weighted by molar-refractivity contribution is 6.36. The molecule has 5 aromatic carbocycles. The Morgan fingerprint density at radius 1 is 0.634 bits per heavy atom. The van der Waals surface area contributed by atoms with Gasteiger partial charge in [0.25, 0.3) is 5.91 Å². The number of aryl methyl sites for hydroxylation is 1. The average molecular weight is 550 g/mol. The van der Waals surface area contributed by atoms with E-state index in [1.807, 2.05) is 12.1 Å². The van der Waals surface area contributed by atoms with Crippen LogP contribution in [-0.2, 0) is 6.42 Å². The molecule has 0 aromatic heterocycles. The van der Waals surface area contributed by atoms with Crippen LogP contribution in [0.1, 0.15) is 111 Å². The molecule has 0 saturated heterocycles. The molecule has 214 valence electrons. The number of unbranched alkanes of at least 4 members (excludes halogenated alkanes) is 9. The lowest BCUT2D eigenvalue weighted by molar-refractivity contribution is 0.0699. The van der Waals surface area contributed by atoms with E-state index in [0.717, 1.165) is 64.6 Å². The SMILES string of the molecule is CCCCCCCCc1cc(C(=O)NCCCCCCC)c2c(C(=O)O)ccc3c4cccc5cccc(c1c23)c54. The smallest absolute Gasteiger partial charge is 0.336 e. The van der Waals surface area contributed by atoms with Crippen molar-refractivity contribution in [2.75, 3.05) is 6.54 Å². The van der Waals surface area contributed by atoms with Gasteiger partial charge in [0.15, 0.2) is 0 Å². The number of aromatic carboxylic acids is 1. The first-order valence-corrected chi connectivity index (χ1v) is 15.7. The van der Waals surface area contributed by atoms with E-state index in [2.05, 4.69) is 55.6 Å². The number of carbonyl (C=O) groups is 2. The van der Waals surface area contributed by atoms with E-state index in [-0.39, 0.29) is 11.5 Å². The highest BCUT2D eigenvalue weighted by atomic mass is 16.4. The molecule has 0 saturated carbocycles. The number of hydrogen-bond acceptors (Lipinski definition) is 2. The standard InChI is InChI=1S/C37H43NO3/c1-3-5-7-9-10-12-16-26-24-31(36(39)38-23-13-11-8-6-4-2)34-30(37(40)41)22-21-28-27-19-14-17-25-18-15-20-29(32(25)27)33(26)35(28)34/h14-15,17-22,24H,3-13,16,23H2,1-2H3,(H,38,39)(H,40,41). The number of benzene rings is 5. The molecule has 2 N–H and O–H groups in total. The van der Waals surface area contributed by atoms with Crippen molar-refractivity contribution in [3.63, 3.8) is 0 Å². The summed E-state index contributed by atoms with van der Waals surface area (Å²) in [5.74, 6) is -1.18. The molecule has 0 aliphatic carbocycles. The second-order valence-electron chi connectivity index (χ2n) is 11.6. The Kier molecular flexibility index (Phi) is 9.38. The predicted octanol–water partition coefficient (Wildman–Crippen LogP) is 10.0. The second kappa shape index (κ2) is 13.3. The Morgan fingerprint density at radius 2 is 1.27 bits per heavy atom. The Balaban J connectivity index is 1.68. The van der Waals surface area contributed by atoms with Crippen LogP contribution < -0.4 is 5.32 Å². The Hall–Kier alpha value is -3.66. The van der Waals surface area contributed by atoms with Gasteiger partial charge in [0.05, 0.1) is 5.56 Å². The molecule has 0 bridgehead atoms. The van der Waals surface area contributed by atoms with Crippen molar-refractivity contribution < 1.29 is 14.7 Å². The van der Waals surface area contributed by atoms with Crippen LogP contribution in [0.3, 0.4) is 0 Å². The zero-order valence-corrected chi connectivity index (χ0v) is 24.7. The molecule has 4 nitrogen and oxygen atoms in total. The molecule has 0 spiro atoms. The van der Waals surface area contributed by atoms with Gasteiger partial charge in [-0.1, -0.05) is 114 Å². The third kappa shape index (κ3) is 5.88. The van der Waals surface area contributed by atoms with Gasteiger partial charge < -0.3 is 10.4 Å². The van der Waals surface area contributed by atoms with Crippen molar-refractivity contribution in [2.24, 2.45) is 0 Å². The summed E-state index contributed by atoms with van der Waals surface area (Å²) >= 11 is 0. The summed E-state index contributed by atoms with van der Waals surface area (Å²) in [4.78, 5) is 26.3. The number of amides is 1. The maximum atomic E-state index is 13.8. The monoisotopic (exact) mass is 549 g/mol. The molecule has 0 heterocycles. The van der Waals surface area contributed by atoms with Crippen LogP contribution >= 0.6 is 0 Å². The van der Waals surface area contributed by atoms with Crippen LogP contribution in [0.5, 0.6) is 0 Å². The first-order chi connectivity index (χ1) is 20.1. The fourth-order valence-electron chi connectivity index (χ4n) is 6.60. The van der Waals surface area contributed by atoms with Gasteiger partial charge >= 0.3 is 5.97 Å². The van der Waals surface area contributed by atoms with Crippen molar-refractivity contribution in [1.82, 2.24) is 5.32 Å². The normalized spacial score (nSPS) is 11.8. The Bertz CT molecular complexity index is 1660. The summed E-state index contributed by atoms with van der Waals surface area (Å²) < 4.78 is 0. The third-order valence-corrected chi connectivity index (χ3v) is 8.67. The summed E-state index contributed by atoms with van der Waals surface area (Å²) in [6.45, 7) is 5.03. The van der Waals surface area contributed by atoms with Crippen LogP contribution in [0.25, 0.3) is 43.1 Å². The van der Waals surface area contributed by atoms with Crippen LogP contribution in [-0.4, -0.2) is 23.5 Å². The summed E-state index contributed by atoms with van der Waals surface area (Å²) in [6, 6.07) is 18.4. The van der Waals surface area contributed by atoms with E-state index in [1.54, 1.807) is 6.07 Å². The summed E-state index contributed by atoms with van der Waals surface area (Å²) in [5, 5.41) is 21.6. The van der Waals surface area contributed by atoms with E-state index in [1.165, 1.54) is 55.7 Å². The third-order valence-electron chi connectivity index (χ3n) is 8.67. The van der Waals surface area contributed by atoms with E-state index in [9.17, 15) is 14.7 Å². The van der Waals surface area contributed by atoms with Crippen LogP contribution in [0.15, 0.2) is 54.6 Å². The van der Waals surface area contributed by atoms with Crippen LogP contribution in [0.2, 0.25) is 0 Å². The number of nitrogens with one attached hydrogen (secondary N) is 1. The number of carbonyl (C=O) groups excluding carboxylic acids is 1. The van der Waals surface area contributed by atoms with E-state index in [4.69, 9.17) is 0 Å². The zero-order valence-electron chi connectivity index (χ0n) is 24.7. The first kappa shape index (κ1) is 28.9. The number of hydrogen-bond donors (Lipinski definition) is 2. The van der Waals surface area contributed by atoms with E-state index < -0.39 is 5.97 Å². The molecule has 0 aliphatic heterocycles. The molecule has 0 unspecified atom stereocenters. The maximum absolute atomic E-state index is 13.8. The minimum absolute atomic E-state index is 0.173. The lowest BCUT2D eigenvalue weighted by Gasteiger charge is -2.21. The molecule has 4 heteroatoms. The van der Waals surface area contributed by atoms with Gasteiger partial charge in [0, 0.05) is 17.5 Å². The molecule has 0 atom stereocenters. The number of carboxylic acid groups (broad SMARTS) is 1. The van der Waals surface area contributed by atoms with Gasteiger partial charge in [-0.25, -0.2) is 4.79 Å². The van der Waals surface area contributed by atoms with E-state index >= 15 is 0 Å². The minimum atomic E-state index is -1.00. The Morgan fingerprint density at radius 3 is 1.98 bits per heavy atom. The number of fused-ring (bicyclic) bond motifs is 2. The summed E-state index contributed by atoms with van der Waals surface area (Å²) in [5.41, 5.74) is 1.83. The van der Waals surface area contributed by atoms with Crippen molar-refractivity contribution in [3.8, 4) is 0 Å². The lowest BCUT2D eigenvalue weighted by Crippen LogP contribution is -2.25. The van der Waals surface area contributed by atoms with Gasteiger partial charge in [0.2, 0.25) is 0 Å². The molecule has 0 aliphatic rings. The highest BCUT2D eigenvalue weighted by Crippen LogP contribution is 2.44. The molecule has 5 aromatic rings. The molecule has 1 amide bonds. The first-order valence-electron chi connectivity index (χ1n) is 15.7. The van der Waals surface area contributed by atoms with Gasteiger partial charge in [-0.05, 0) is 74.7 Å². The quantitative estimate of drug-likeness (QED) is 0.0775. The number of rotatable bonds is 15. The summed E-state index contributed by atoms with van der Waals surface area (Å²) in [6.07, 6.45) is 13.6. The summed E-state index contributed by atoms with van der Waals surface area (Å²) in [7, 11) is 0. The van der Waals surface area contributed by atoms with Crippen LogP contribution in [0, 0.1) is 0 Å². The van der Waals surface area contributed by atoms with E-state index in [0.29, 0.717) is 17.5 Å². The van der Waals surface area contributed by atoms with Gasteiger partial charge in [-0.3, -0.25) is 4.79 Å². The van der Waals surface area contributed by atoms with Crippen molar-refractivity contribution in [2.45, 2.75) is 90.9 Å². The molecule has 5 rings (SSSR count). The van der Waals surface area contributed by atoms with Gasteiger partial charge in [0.1, 0.15) is 0 Å². The largest absolute Gasteiger partial charge is 0.478 e.